The Kier molecular flexibility index (Phi) is 3.17. The van der Waals surface area contributed by atoms with Gasteiger partial charge in [-0.05, 0) is 6.07 Å². The fourth-order valence-electron chi connectivity index (χ4n) is 1.33. The van der Waals surface area contributed by atoms with Crippen molar-refractivity contribution in [1.82, 2.24) is 10.2 Å². The van der Waals surface area contributed by atoms with Crippen LogP contribution < -0.4 is 5.32 Å². The van der Waals surface area contributed by atoms with Gasteiger partial charge in [-0.3, -0.25) is 5.10 Å². The Morgan fingerprint density at radius 2 is 1.50 bits per heavy atom. The minimum atomic E-state index is -2.18. The standard InChI is InChI=1S/C10H6F5N3/c11-5-6(12)8(14)10(9(15)7(5)13)16-3-4-1-2-17-18-4/h1-2,16H,3H2,(H,17,18). The van der Waals surface area contributed by atoms with Gasteiger partial charge in [0.15, 0.2) is 23.3 Å². The second-order valence-electron chi connectivity index (χ2n) is 3.38. The van der Waals surface area contributed by atoms with E-state index in [1.807, 2.05) is 0 Å². The summed E-state index contributed by atoms with van der Waals surface area (Å²) in [7, 11) is 0. The molecule has 3 nitrogen and oxygen atoms in total. The third-order valence-corrected chi connectivity index (χ3v) is 2.22. The lowest BCUT2D eigenvalue weighted by Gasteiger charge is -2.09. The molecule has 0 aliphatic carbocycles. The van der Waals surface area contributed by atoms with Crippen LogP contribution in [0.2, 0.25) is 0 Å². The molecule has 0 aliphatic heterocycles. The molecule has 1 aromatic carbocycles. The summed E-state index contributed by atoms with van der Waals surface area (Å²) in [6.07, 6.45) is 1.38. The average molecular weight is 263 g/mol. The Labute approximate surface area is 97.6 Å². The number of hydrogen-bond acceptors (Lipinski definition) is 2. The first kappa shape index (κ1) is 12.3. The molecule has 0 unspecified atom stereocenters. The van der Waals surface area contributed by atoms with Gasteiger partial charge in [0, 0.05) is 6.20 Å². The minimum absolute atomic E-state index is 0.154. The Balaban J connectivity index is 2.33. The molecular formula is C10H6F5N3. The van der Waals surface area contributed by atoms with Gasteiger partial charge in [0.05, 0.1) is 12.2 Å². The van der Waals surface area contributed by atoms with E-state index in [0.717, 1.165) is 0 Å². The molecule has 0 saturated carbocycles. The molecule has 0 aliphatic rings. The van der Waals surface area contributed by atoms with E-state index in [9.17, 15) is 22.0 Å². The highest BCUT2D eigenvalue weighted by Crippen LogP contribution is 2.27. The van der Waals surface area contributed by atoms with Gasteiger partial charge < -0.3 is 5.32 Å². The van der Waals surface area contributed by atoms with E-state index in [2.05, 4.69) is 15.5 Å². The minimum Gasteiger partial charge on any atom is -0.374 e. The molecule has 96 valence electrons. The molecule has 1 aromatic heterocycles. The van der Waals surface area contributed by atoms with E-state index in [1.165, 1.54) is 12.3 Å². The zero-order valence-electron chi connectivity index (χ0n) is 8.70. The van der Waals surface area contributed by atoms with Crippen molar-refractivity contribution in [3.05, 3.63) is 47.0 Å². The number of nitrogens with zero attached hydrogens (tertiary/aromatic N) is 1. The third kappa shape index (κ3) is 2.01. The maximum absolute atomic E-state index is 13.2. The second kappa shape index (κ2) is 4.63. The van der Waals surface area contributed by atoms with Crippen LogP contribution in [-0.2, 0) is 6.54 Å². The first-order valence-electron chi connectivity index (χ1n) is 4.76. The van der Waals surface area contributed by atoms with E-state index >= 15 is 0 Å². The van der Waals surface area contributed by atoms with Crippen molar-refractivity contribution in [3.63, 3.8) is 0 Å². The summed E-state index contributed by atoms with van der Waals surface area (Å²) in [5.74, 6) is -9.95. The zero-order valence-corrected chi connectivity index (χ0v) is 8.70. The van der Waals surface area contributed by atoms with Crippen molar-refractivity contribution >= 4 is 5.69 Å². The van der Waals surface area contributed by atoms with E-state index in [-0.39, 0.29) is 6.54 Å². The van der Waals surface area contributed by atoms with Gasteiger partial charge in [-0.25, -0.2) is 22.0 Å². The Bertz CT molecular complexity index is 538. The number of aromatic amines is 1. The average Bonchev–Trinajstić information content (AvgIpc) is 2.87. The molecular weight excluding hydrogens is 257 g/mol. The lowest BCUT2D eigenvalue weighted by atomic mass is 10.2. The van der Waals surface area contributed by atoms with Crippen LogP contribution in [0.1, 0.15) is 5.69 Å². The highest BCUT2D eigenvalue weighted by atomic mass is 19.2. The third-order valence-electron chi connectivity index (χ3n) is 2.22. The summed E-state index contributed by atoms with van der Waals surface area (Å²) in [4.78, 5) is 0. The summed E-state index contributed by atoms with van der Waals surface area (Å²) >= 11 is 0. The fraction of sp³-hybridized carbons (Fsp3) is 0.100. The van der Waals surface area contributed by atoms with E-state index in [0.29, 0.717) is 5.69 Å². The number of H-pyrrole nitrogens is 1. The fourth-order valence-corrected chi connectivity index (χ4v) is 1.33. The number of aromatic nitrogens is 2. The predicted molar refractivity (Wildman–Crippen MR) is 52.1 cm³/mol. The van der Waals surface area contributed by atoms with E-state index < -0.39 is 34.8 Å². The van der Waals surface area contributed by atoms with Gasteiger partial charge in [-0.1, -0.05) is 0 Å². The number of hydrogen-bond donors (Lipinski definition) is 2. The van der Waals surface area contributed by atoms with Crippen LogP contribution >= 0.6 is 0 Å². The van der Waals surface area contributed by atoms with E-state index in [4.69, 9.17) is 0 Å². The smallest absolute Gasteiger partial charge is 0.200 e. The van der Waals surface area contributed by atoms with Crippen LogP contribution in [0.15, 0.2) is 12.3 Å². The number of anilines is 1. The molecule has 2 aromatic rings. The summed E-state index contributed by atoms with van der Waals surface area (Å²) in [6, 6.07) is 1.49. The van der Waals surface area contributed by atoms with Gasteiger partial charge in [-0.15, -0.1) is 0 Å². The number of halogens is 5. The van der Waals surface area contributed by atoms with Crippen LogP contribution in [0.3, 0.4) is 0 Å². The first-order valence-corrected chi connectivity index (χ1v) is 4.76. The van der Waals surface area contributed by atoms with Crippen molar-refractivity contribution in [2.45, 2.75) is 6.54 Å². The van der Waals surface area contributed by atoms with Gasteiger partial charge in [0.1, 0.15) is 5.69 Å². The van der Waals surface area contributed by atoms with Crippen molar-refractivity contribution in [1.29, 1.82) is 0 Å². The topological polar surface area (TPSA) is 40.7 Å². The maximum atomic E-state index is 13.2. The van der Waals surface area contributed by atoms with Crippen LogP contribution in [0.5, 0.6) is 0 Å². The molecule has 2 N–H and O–H groups in total. The molecule has 0 atom stereocenters. The van der Waals surface area contributed by atoms with Crippen LogP contribution in [-0.4, -0.2) is 10.2 Å². The quantitative estimate of drug-likeness (QED) is 0.508. The Hall–Kier alpha value is -2.12. The monoisotopic (exact) mass is 263 g/mol. The summed E-state index contributed by atoms with van der Waals surface area (Å²) < 4.78 is 64.9. The van der Waals surface area contributed by atoms with Gasteiger partial charge in [-0.2, -0.15) is 5.10 Å². The molecule has 1 heterocycles. The zero-order chi connectivity index (χ0) is 13.3. The normalized spacial score (nSPS) is 10.7. The highest BCUT2D eigenvalue weighted by Gasteiger charge is 2.25. The molecule has 0 saturated heterocycles. The van der Waals surface area contributed by atoms with Crippen molar-refractivity contribution < 1.29 is 22.0 Å². The number of nitrogens with one attached hydrogen (secondary N) is 2. The van der Waals surface area contributed by atoms with Gasteiger partial charge >= 0.3 is 0 Å². The first-order chi connectivity index (χ1) is 8.52. The summed E-state index contributed by atoms with van der Waals surface area (Å²) in [5, 5.41) is 8.16. The van der Waals surface area contributed by atoms with Crippen LogP contribution in [0.4, 0.5) is 27.6 Å². The van der Waals surface area contributed by atoms with Crippen molar-refractivity contribution in [3.8, 4) is 0 Å². The highest BCUT2D eigenvalue weighted by molar-refractivity contribution is 5.47. The SMILES string of the molecule is Fc1c(F)c(F)c(NCc2ccn[nH]2)c(F)c1F. The number of benzene rings is 1. The Morgan fingerprint density at radius 3 is 2.00 bits per heavy atom. The molecule has 2 rings (SSSR count). The lowest BCUT2D eigenvalue weighted by Crippen LogP contribution is -2.10. The molecule has 0 bridgehead atoms. The molecule has 18 heavy (non-hydrogen) atoms. The molecule has 0 fully saturated rings. The summed E-state index contributed by atoms with van der Waals surface area (Å²) in [5.41, 5.74) is -0.639. The second-order valence-corrected chi connectivity index (χ2v) is 3.38. The van der Waals surface area contributed by atoms with Gasteiger partial charge in [0.2, 0.25) is 5.82 Å². The van der Waals surface area contributed by atoms with Crippen LogP contribution in [0.25, 0.3) is 0 Å². The van der Waals surface area contributed by atoms with Crippen LogP contribution in [0, 0.1) is 29.1 Å². The van der Waals surface area contributed by atoms with Crippen molar-refractivity contribution in [2.75, 3.05) is 5.32 Å². The summed E-state index contributed by atoms with van der Waals surface area (Å²) in [6.45, 7) is -0.154. The molecule has 0 radical (unpaired) electrons. The molecule has 0 spiro atoms. The van der Waals surface area contributed by atoms with E-state index in [1.54, 1.807) is 0 Å². The molecule has 8 heteroatoms. The predicted octanol–water partition coefficient (Wildman–Crippen LogP) is 2.72. The Morgan fingerprint density at radius 1 is 0.944 bits per heavy atom. The molecule has 0 amide bonds. The van der Waals surface area contributed by atoms with Gasteiger partial charge in [0.25, 0.3) is 0 Å². The lowest BCUT2D eigenvalue weighted by molar-refractivity contribution is 0.381. The maximum Gasteiger partial charge on any atom is 0.200 e. The number of rotatable bonds is 3. The largest absolute Gasteiger partial charge is 0.374 e. The van der Waals surface area contributed by atoms with Crippen molar-refractivity contribution in [2.24, 2.45) is 0 Å².